The molecule has 0 saturated heterocycles. The van der Waals surface area contributed by atoms with E-state index < -0.39 is 0 Å². The molecule has 0 spiro atoms. The lowest BCUT2D eigenvalue weighted by molar-refractivity contribution is 0.0642. The van der Waals surface area contributed by atoms with E-state index in [1.165, 1.54) is 0 Å². The fourth-order valence-electron chi connectivity index (χ4n) is 2.35. The van der Waals surface area contributed by atoms with Crippen molar-refractivity contribution in [3.05, 3.63) is 34.9 Å². The van der Waals surface area contributed by atoms with Gasteiger partial charge in [0.25, 0.3) is 5.91 Å². The SMILES string of the molecule is Cc1cccc(C)c1C(=O)N(C(C)C)C(C)C. The standard InChI is InChI=1S/C15H23NO/c1-10(2)16(11(3)4)15(17)14-12(5)8-7-9-13(14)6/h7-11H,1-6H3. The quantitative estimate of drug-likeness (QED) is 0.781. The number of hydrogen-bond donors (Lipinski definition) is 0. The maximum atomic E-state index is 12.6. The monoisotopic (exact) mass is 233 g/mol. The van der Waals surface area contributed by atoms with Gasteiger partial charge in [-0.15, -0.1) is 0 Å². The van der Waals surface area contributed by atoms with Crippen LogP contribution in [-0.2, 0) is 0 Å². The average molecular weight is 233 g/mol. The lowest BCUT2D eigenvalue weighted by Crippen LogP contribution is -2.42. The highest BCUT2D eigenvalue weighted by molar-refractivity contribution is 5.97. The summed E-state index contributed by atoms with van der Waals surface area (Å²) in [5, 5.41) is 0. The molecule has 0 unspecified atom stereocenters. The average Bonchev–Trinajstić information content (AvgIpc) is 2.15. The molecule has 94 valence electrons. The number of aryl methyl sites for hydroxylation is 2. The van der Waals surface area contributed by atoms with Gasteiger partial charge in [0.05, 0.1) is 0 Å². The van der Waals surface area contributed by atoms with Crippen LogP contribution in [0.3, 0.4) is 0 Å². The summed E-state index contributed by atoms with van der Waals surface area (Å²) in [7, 11) is 0. The Balaban J connectivity index is 3.19. The van der Waals surface area contributed by atoms with Gasteiger partial charge in [0, 0.05) is 17.6 Å². The summed E-state index contributed by atoms with van der Waals surface area (Å²) < 4.78 is 0. The van der Waals surface area contributed by atoms with Crippen molar-refractivity contribution in [2.45, 2.75) is 53.6 Å². The molecule has 0 fully saturated rings. The molecule has 17 heavy (non-hydrogen) atoms. The zero-order valence-corrected chi connectivity index (χ0v) is 11.7. The van der Waals surface area contributed by atoms with Crippen LogP contribution in [0.1, 0.15) is 49.2 Å². The second kappa shape index (κ2) is 5.35. The van der Waals surface area contributed by atoms with Gasteiger partial charge >= 0.3 is 0 Å². The van der Waals surface area contributed by atoms with E-state index in [9.17, 15) is 4.79 Å². The summed E-state index contributed by atoms with van der Waals surface area (Å²) in [6, 6.07) is 6.44. The molecule has 2 heteroatoms. The molecular formula is C15H23NO. The molecule has 2 nitrogen and oxygen atoms in total. The van der Waals surface area contributed by atoms with Gasteiger partial charge < -0.3 is 4.90 Å². The van der Waals surface area contributed by atoms with Crippen LogP contribution >= 0.6 is 0 Å². The van der Waals surface area contributed by atoms with Crippen LogP contribution in [0.4, 0.5) is 0 Å². The fraction of sp³-hybridized carbons (Fsp3) is 0.533. The van der Waals surface area contributed by atoms with Gasteiger partial charge in [0.1, 0.15) is 0 Å². The van der Waals surface area contributed by atoms with Crippen LogP contribution in [0.5, 0.6) is 0 Å². The first-order valence-electron chi connectivity index (χ1n) is 6.25. The Morgan fingerprint density at radius 1 is 1.00 bits per heavy atom. The molecule has 0 heterocycles. The van der Waals surface area contributed by atoms with Crippen LogP contribution in [0.25, 0.3) is 0 Å². The first-order chi connectivity index (χ1) is 7.86. The summed E-state index contributed by atoms with van der Waals surface area (Å²) in [4.78, 5) is 14.5. The van der Waals surface area contributed by atoms with Crippen molar-refractivity contribution in [1.29, 1.82) is 0 Å². The maximum Gasteiger partial charge on any atom is 0.254 e. The van der Waals surface area contributed by atoms with Crippen molar-refractivity contribution in [2.24, 2.45) is 0 Å². The number of hydrogen-bond acceptors (Lipinski definition) is 1. The van der Waals surface area contributed by atoms with Gasteiger partial charge in [-0.25, -0.2) is 0 Å². The number of carbonyl (C=O) groups is 1. The van der Waals surface area contributed by atoms with Crippen LogP contribution in [0.15, 0.2) is 18.2 Å². The van der Waals surface area contributed by atoms with Gasteiger partial charge in [-0.1, -0.05) is 18.2 Å². The van der Waals surface area contributed by atoms with Crippen molar-refractivity contribution in [3.63, 3.8) is 0 Å². The highest BCUT2D eigenvalue weighted by atomic mass is 16.2. The molecule has 1 rings (SSSR count). The maximum absolute atomic E-state index is 12.6. The third-order valence-electron chi connectivity index (χ3n) is 3.04. The molecule has 0 aliphatic heterocycles. The molecule has 1 aromatic rings. The van der Waals surface area contributed by atoms with E-state index in [0.717, 1.165) is 16.7 Å². The Bertz CT molecular complexity index is 379. The van der Waals surface area contributed by atoms with Gasteiger partial charge in [0.15, 0.2) is 0 Å². The lowest BCUT2D eigenvalue weighted by atomic mass is 10.0. The number of amides is 1. The van der Waals surface area contributed by atoms with Crippen LogP contribution in [-0.4, -0.2) is 22.9 Å². The zero-order valence-electron chi connectivity index (χ0n) is 11.7. The summed E-state index contributed by atoms with van der Waals surface area (Å²) >= 11 is 0. The highest BCUT2D eigenvalue weighted by Crippen LogP contribution is 2.19. The van der Waals surface area contributed by atoms with Gasteiger partial charge in [-0.05, 0) is 52.7 Å². The van der Waals surface area contributed by atoms with Gasteiger partial charge in [0.2, 0.25) is 0 Å². The topological polar surface area (TPSA) is 20.3 Å². The van der Waals surface area contributed by atoms with Crippen molar-refractivity contribution >= 4 is 5.91 Å². The molecule has 0 atom stereocenters. The second-order valence-electron chi connectivity index (χ2n) is 5.17. The van der Waals surface area contributed by atoms with Crippen LogP contribution in [0, 0.1) is 13.8 Å². The minimum Gasteiger partial charge on any atom is -0.334 e. The minimum atomic E-state index is 0.144. The third kappa shape index (κ3) is 2.87. The summed E-state index contributed by atoms with van der Waals surface area (Å²) in [5.41, 5.74) is 2.97. The van der Waals surface area contributed by atoms with Crippen molar-refractivity contribution in [1.82, 2.24) is 4.90 Å². The van der Waals surface area contributed by atoms with E-state index in [4.69, 9.17) is 0 Å². The molecule has 0 aromatic heterocycles. The number of rotatable bonds is 3. The van der Waals surface area contributed by atoms with Crippen molar-refractivity contribution < 1.29 is 4.79 Å². The Hall–Kier alpha value is -1.31. The number of nitrogens with zero attached hydrogens (tertiary/aromatic N) is 1. The smallest absolute Gasteiger partial charge is 0.254 e. The van der Waals surface area contributed by atoms with Crippen molar-refractivity contribution in [2.75, 3.05) is 0 Å². The number of carbonyl (C=O) groups excluding carboxylic acids is 1. The molecule has 0 N–H and O–H groups in total. The zero-order chi connectivity index (χ0) is 13.2. The normalized spacial score (nSPS) is 11.1. The summed E-state index contributed by atoms with van der Waals surface area (Å²) in [6.45, 7) is 12.2. The summed E-state index contributed by atoms with van der Waals surface area (Å²) in [5.74, 6) is 0.144. The molecule has 0 aliphatic carbocycles. The molecule has 0 radical (unpaired) electrons. The van der Waals surface area contributed by atoms with E-state index in [1.807, 2.05) is 36.9 Å². The third-order valence-corrected chi connectivity index (χ3v) is 3.04. The lowest BCUT2D eigenvalue weighted by Gasteiger charge is -2.31. The first-order valence-corrected chi connectivity index (χ1v) is 6.25. The second-order valence-corrected chi connectivity index (χ2v) is 5.17. The van der Waals surface area contributed by atoms with Gasteiger partial charge in [-0.2, -0.15) is 0 Å². The minimum absolute atomic E-state index is 0.144. The van der Waals surface area contributed by atoms with E-state index >= 15 is 0 Å². The molecule has 0 bridgehead atoms. The van der Waals surface area contributed by atoms with E-state index in [0.29, 0.717) is 0 Å². The molecule has 1 amide bonds. The Labute approximate surface area is 105 Å². The van der Waals surface area contributed by atoms with Crippen LogP contribution in [0.2, 0.25) is 0 Å². The van der Waals surface area contributed by atoms with E-state index in [1.54, 1.807) is 0 Å². The first kappa shape index (κ1) is 13.8. The van der Waals surface area contributed by atoms with E-state index in [-0.39, 0.29) is 18.0 Å². The fourth-order valence-corrected chi connectivity index (χ4v) is 2.35. The largest absolute Gasteiger partial charge is 0.334 e. The van der Waals surface area contributed by atoms with Crippen LogP contribution < -0.4 is 0 Å². The predicted octanol–water partition coefficient (Wildman–Crippen LogP) is 3.56. The van der Waals surface area contributed by atoms with Gasteiger partial charge in [-0.3, -0.25) is 4.79 Å². The number of benzene rings is 1. The Morgan fingerprint density at radius 2 is 1.41 bits per heavy atom. The highest BCUT2D eigenvalue weighted by Gasteiger charge is 2.23. The Kier molecular flexibility index (Phi) is 4.33. The van der Waals surface area contributed by atoms with E-state index in [2.05, 4.69) is 27.7 Å². The summed E-state index contributed by atoms with van der Waals surface area (Å²) in [6.07, 6.45) is 0. The molecule has 1 aromatic carbocycles. The predicted molar refractivity (Wildman–Crippen MR) is 72.4 cm³/mol. The van der Waals surface area contributed by atoms with Crippen molar-refractivity contribution in [3.8, 4) is 0 Å². The molecule has 0 saturated carbocycles. The molecular weight excluding hydrogens is 210 g/mol. The molecule has 0 aliphatic rings. The Morgan fingerprint density at radius 3 is 1.76 bits per heavy atom.